The summed E-state index contributed by atoms with van der Waals surface area (Å²) in [6.45, 7) is 2.34. The standard InChI is InChI=1S/C23H26Cl2N2O5/c1-5-10-32-23-17(25)11-15(12-20(23)31-4)6-9-22(29)27(2)14-21(28)26-18-13-16(24)7-8-19(18)30-3/h6-9,11-13H,5,10,14H2,1-4H3,(H,26,28)/b9-6+. The van der Waals surface area contributed by atoms with Gasteiger partial charge in [0.1, 0.15) is 5.75 Å². The van der Waals surface area contributed by atoms with E-state index in [1.54, 1.807) is 36.4 Å². The molecule has 9 heteroatoms. The third-order valence-electron chi connectivity index (χ3n) is 4.31. The van der Waals surface area contributed by atoms with Gasteiger partial charge in [0, 0.05) is 18.1 Å². The van der Waals surface area contributed by atoms with Gasteiger partial charge in [0.05, 0.1) is 38.1 Å². The Balaban J connectivity index is 2.03. The number of methoxy groups -OCH3 is 2. The molecule has 0 aliphatic carbocycles. The average Bonchev–Trinajstić information content (AvgIpc) is 2.76. The smallest absolute Gasteiger partial charge is 0.246 e. The summed E-state index contributed by atoms with van der Waals surface area (Å²) in [5, 5.41) is 3.53. The van der Waals surface area contributed by atoms with E-state index < -0.39 is 5.91 Å². The molecule has 0 saturated carbocycles. The van der Waals surface area contributed by atoms with Gasteiger partial charge in [-0.2, -0.15) is 0 Å². The predicted molar refractivity (Wildman–Crippen MR) is 127 cm³/mol. The summed E-state index contributed by atoms with van der Waals surface area (Å²) in [5.74, 6) is 0.649. The Hall–Kier alpha value is -2.90. The van der Waals surface area contributed by atoms with E-state index in [1.165, 1.54) is 32.2 Å². The molecule has 2 aromatic carbocycles. The number of nitrogens with one attached hydrogen (secondary N) is 1. The molecule has 1 N–H and O–H groups in total. The van der Waals surface area contributed by atoms with Crippen LogP contribution in [-0.4, -0.2) is 51.1 Å². The maximum absolute atomic E-state index is 12.5. The minimum atomic E-state index is -0.392. The lowest BCUT2D eigenvalue weighted by molar-refractivity contribution is -0.129. The highest BCUT2D eigenvalue weighted by atomic mass is 35.5. The molecule has 0 heterocycles. The van der Waals surface area contributed by atoms with Crippen LogP contribution >= 0.6 is 23.2 Å². The minimum absolute atomic E-state index is 0.160. The molecule has 0 spiro atoms. The number of halogens is 2. The van der Waals surface area contributed by atoms with E-state index in [1.807, 2.05) is 6.92 Å². The molecule has 172 valence electrons. The molecule has 0 aromatic heterocycles. The Morgan fingerprint density at radius 2 is 1.81 bits per heavy atom. The zero-order valence-electron chi connectivity index (χ0n) is 18.4. The first-order valence-corrected chi connectivity index (χ1v) is 10.6. The van der Waals surface area contributed by atoms with Crippen molar-refractivity contribution < 1.29 is 23.8 Å². The van der Waals surface area contributed by atoms with Crippen molar-refractivity contribution in [1.82, 2.24) is 4.90 Å². The molecule has 0 aliphatic rings. The summed E-state index contributed by atoms with van der Waals surface area (Å²) in [6, 6.07) is 8.27. The average molecular weight is 481 g/mol. The van der Waals surface area contributed by atoms with Gasteiger partial charge in [-0.05, 0) is 48.4 Å². The topological polar surface area (TPSA) is 77.1 Å². The number of likely N-dealkylation sites (N-methyl/N-ethyl adjacent to an activating group) is 1. The van der Waals surface area contributed by atoms with Crippen LogP contribution in [0.2, 0.25) is 10.0 Å². The van der Waals surface area contributed by atoms with Crippen molar-refractivity contribution in [1.29, 1.82) is 0 Å². The van der Waals surface area contributed by atoms with E-state index >= 15 is 0 Å². The van der Waals surface area contributed by atoms with E-state index in [2.05, 4.69) is 5.32 Å². The number of ether oxygens (including phenoxy) is 3. The first-order chi connectivity index (χ1) is 15.3. The summed E-state index contributed by atoms with van der Waals surface area (Å²) >= 11 is 12.3. The van der Waals surface area contributed by atoms with E-state index in [9.17, 15) is 9.59 Å². The second-order valence-electron chi connectivity index (χ2n) is 6.80. The molecule has 2 rings (SSSR count). The second kappa shape index (κ2) is 12.2. The summed E-state index contributed by atoms with van der Waals surface area (Å²) in [5.41, 5.74) is 1.08. The molecule has 2 amide bonds. The molecule has 2 aromatic rings. The highest BCUT2D eigenvalue weighted by molar-refractivity contribution is 6.32. The summed E-state index contributed by atoms with van der Waals surface area (Å²) in [7, 11) is 4.53. The fourth-order valence-electron chi connectivity index (χ4n) is 2.74. The van der Waals surface area contributed by atoms with Gasteiger partial charge < -0.3 is 24.4 Å². The fraction of sp³-hybridized carbons (Fsp3) is 0.304. The van der Waals surface area contributed by atoms with Gasteiger partial charge in [-0.3, -0.25) is 9.59 Å². The number of hydrogen-bond acceptors (Lipinski definition) is 5. The molecule has 0 saturated heterocycles. The SMILES string of the molecule is CCCOc1c(Cl)cc(/C=C/C(=O)N(C)CC(=O)Nc2cc(Cl)ccc2OC)cc1OC. The second-order valence-corrected chi connectivity index (χ2v) is 7.65. The number of hydrogen-bond donors (Lipinski definition) is 1. The molecule has 0 bridgehead atoms. The van der Waals surface area contributed by atoms with Crippen LogP contribution in [0.3, 0.4) is 0 Å². The van der Waals surface area contributed by atoms with Crippen molar-refractivity contribution in [2.24, 2.45) is 0 Å². The molecular weight excluding hydrogens is 455 g/mol. The normalized spacial score (nSPS) is 10.7. The van der Waals surface area contributed by atoms with E-state index in [0.717, 1.165) is 6.42 Å². The highest BCUT2D eigenvalue weighted by Crippen LogP contribution is 2.37. The van der Waals surface area contributed by atoms with E-state index in [-0.39, 0.29) is 12.5 Å². The van der Waals surface area contributed by atoms with Gasteiger partial charge in [-0.1, -0.05) is 30.1 Å². The molecule has 0 unspecified atom stereocenters. The Bertz CT molecular complexity index is 995. The molecule has 0 fully saturated rings. The molecule has 0 atom stereocenters. The molecular formula is C23H26Cl2N2O5. The first-order valence-electron chi connectivity index (χ1n) is 9.85. The largest absolute Gasteiger partial charge is 0.495 e. The van der Waals surface area contributed by atoms with Crippen LogP contribution in [0.5, 0.6) is 17.2 Å². The monoisotopic (exact) mass is 480 g/mol. The molecule has 0 aliphatic heterocycles. The van der Waals surface area contributed by atoms with Crippen LogP contribution in [0.15, 0.2) is 36.4 Å². The lowest BCUT2D eigenvalue weighted by Gasteiger charge is -2.16. The van der Waals surface area contributed by atoms with Crippen LogP contribution in [0, 0.1) is 0 Å². The number of nitrogens with zero attached hydrogens (tertiary/aromatic N) is 1. The van der Waals surface area contributed by atoms with Crippen molar-refractivity contribution in [3.05, 3.63) is 52.0 Å². The number of amides is 2. The van der Waals surface area contributed by atoms with Crippen LogP contribution < -0.4 is 19.5 Å². The van der Waals surface area contributed by atoms with Gasteiger partial charge >= 0.3 is 0 Å². The highest BCUT2D eigenvalue weighted by Gasteiger charge is 2.14. The van der Waals surface area contributed by atoms with Gasteiger partial charge in [0.25, 0.3) is 0 Å². The van der Waals surface area contributed by atoms with Crippen LogP contribution in [-0.2, 0) is 9.59 Å². The molecule has 32 heavy (non-hydrogen) atoms. The van der Waals surface area contributed by atoms with Crippen molar-refractivity contribution in [2.45, 2.75) is 13.3 Å². The minimum Gasteiger partial charge on any atom is -0.495 e. The number of rotatable bonds is 10. The summed E-state index contributed by atoms with van der Waals surface area (Å²) < 4.78 is 16.2. The Morgan fingerprint density at radius 1 is 1.09 bits per heavy atom. The maximum Gasteiger partial charge on any atom is 0.246 e. The van der Waals surface area contributed by atoms with Crippen molar-refractivity contribution in [3.8, 4) is 17.2 Å². The van der Waals surface area contributed by atoms with Crippen molar-refractivity contribution >= 4 is 46.8 Å². The number of carbonyl (C=O) groups excluding carboxylic acids is 2. The van der Waals surface area contributed by atoms with Crippen LogP contribution in [0.1, 0.15) is 18.9 Å². The number of carbonyl (C=O) groups is 2. The quantitative estimate of drug-likeness (QED) is 0.488. The third kappa shape index (κ3) is 7.07. The number of benzene rings is 2. The third-order valence-corrected chi connectivity index (χ3v) is 4.83. The molecule has 7 nitrogen and oxygen atoms in total. The van der Waals surface area contributed by atoms with Gasteiger partial charge in [-0.25, -0.2) is 0 Å². The van der Waals surface area contributed by atoms with Crippen molar-refractivity contribution in [3.63, 3.8) is 0 Å². The lowest BCUT2D eigenvalue weighted by Crippen LogP contribution is -2.33. The van der Waals surface area contributed by atoms with Crippen molar-refractivity contribution in [2.75, 3.05) is 39.7 Å². The Labute approximate surface area is 197 Å². The molecule has 0 radical (unpaired) electrons. The summed E-state index contributed by atoms with van der Waals surface area (Å²) in [4.78, 5) is 26.1. The lowest BCUT2D eigenvalue weighted by atomic mass is 10.2. The summed E-state index contributed by atoms with van der Waals surface area (Å²) in [6.07, 6.45) is 3.78. The fourth-order valence-corrected chi connectivity index (χ4v) is 3.18. The van der Waals surface area contributed by atoms with Gasteiger partial charge in [-0.15, -0.1) is 0 Å². The van der Waals surface area contributed by atoms with Crippen LogP contribution in [0.4, 0.5) is 5.69 Å². The van der Waals surface area contributed by atoms with E-state index in [0.29, 0.717) is 45.2 Å². The zero-order valence-corrected chi connectivity index (χ0v) is 19.9. The van der Waals surface area contributed by atoms with Gasteiger partial charge in [0.2, 0.25) is 11.8 Å². The van der Waals surface area contributed by atoms with E-state index in [4.69, 9.17) is 37.4 Å². The van der Waals surface area contributed by atoms with Gasteiger partial charge in [0.15, 0.2) is 11.5 Å². The first kappa shape index (κ1) is 25.4. The number of anilines is 1. The predicted octanol–water partition coefficient (Wildman–Crippen LogP) is 4.91. The Kier molecular flexibility index (Phi) is 9.68. The zero-order chi connectivity index (χ0) is 23.7. The van der Waals surface area contributed by atoms with Crippen LogP contribution in [0.25, 0.3) is 6.08 Å². The Morgan fingerprint density at radius 3 is 2.47 bits per heavy atom. The maximum atomic E-state index is 12.5.